The molecule has 0 spiro atoms. The summed E-state index contributed by atoms with van der Waals surface area (Å²) in [6.07, 6.45) is 1.38. The van der Waals surface area contributed by atoms with Crippen molar-refractivity contribution in [2.24, 2.45) is 5.10 Å². The molecule has 130 valence electrons. The minimum atomic E-state index is -0.848. The second-order valence-corrected chi connectivity index (χ2v) is 5.84. The van der Waals surface area contributed by atoms with Crippen molar-refractivity contribution in [3.63, 3.8) is 0 Å². The van der Waals surface area contributed by atoms with E-state index < -0.39 is 23.3 Å². The lowest BCUT2D eigenvalue weighted by Gasteiger charge is -2.19. The average molecular weight is 335 g/mol. The van der Waals surface area contributed by atoms with Gasteiger partial charge in [0.05, 0.1) is 13.3 Å². The molecule has 24 heavy (non-hydrogen) atoms. The van der Waals surface area contributed by atoms with E-state index in [1.807, 2.05) is 0 Å². The average Bonchev–Trinajstić information content (AvgIpc) is 2.52. The zero-order chi connectivity index (χ0) is 18.2. The number of hydrogen-bond acceptors (Lipinski definition) is 6. The molecule has 0 heterocycles. The maximum Gasteiger partial charge on any atom is 0.343 e. The molecule has 0 bridgehead atoms. The zero-order valence-electron chi connectivity index (χ0n) is 14.1. The van der Waals surface area contributed by atoms with Crippen LogP contribution in [0, 0.1) is 0 Å². The Morgan fingerprint density at radius 3 is 2.29 bits per heavy atom. The number of carbonyl (C=O) groups is 3. The van der Waals surface area contributed by atoms with Crippen LogP contribution in [-0.4, -0.2) is 43.3 Å². The van der Waals surface area contributed by atoms with E-state index in [-0.39, 0.29) is 6.61 Å². The molecule has 1 aromatic rings. The van der Waals surface area contributed by atoms with Gasteiger partial charge in [-0.05, 0) is 50.6 Å². The number of carbonyl (C=O) groups excluding carboxylic acids is 3. The van der Waals surface area contributed by atoms with Crippen LogP contribution in [-0.2, 0) is 19.1 Å². The summed E-state index contributed by atoms with van der Waals surface area (Å²) in [6.45, 7) is 5.13. The molecule has 0 saturated heterocycles. The highest BCUT2D eigenvalue weighted by Crippen LogP contribution is 2.11. The molecule has 0 aliphatic carbocycles. The summed E-state index contributed by atoms with van der Waals surface area (Å²) in [5.41, 5.74) is 2.32. The SMILES string of the molecule is COC(=O)COc1ccc(C=NNC(=O)C(=O)NC(C)(C)C)cc1. The largest absolute Gasteiger partial charge is 0.482 e. The maximum absolute atomic E-state index is 11.5. The maximum atomic E-state index is 11.5. The molecule has 0 unspecified atom stereocenters. The van der Waals surface area contributed by atoms with E-state index in [2.05, 4.69) is 20.6 Å². The summed E-state index contributed by atoms with van der Waals surface area (Å²) in [5, 5.41) is 6.23. The molecule has 0 atom stereocenters. The van der Waals surface area contributed by atoms with Crippen molar-refractivity contribution in [2.45, 2.75) is 26.3 Å². The Morgan fingerprint density at radius 1 is 1.12 bits per heavy atom. The highest BCUT2D eigenvalue weighted by Gasteiger charge is 2.19. The van der Waals surface area contributed by atoms with Gasteiger partial charge in [-0.1, -0.05) is 0 Å². The van der Waals surface area contributed by atoms with E-state index in [9.17, 15) is 14.4 Å². The first kappa shape index (κ1) is 19.1. The highest BCUT2D eigenvalue weighted by atomic mass is 16.6. The van der Waals surface area contributed by atoms with Crippen LogP contribution in [0.15, 0.2) is 29.4 Å². The lowest BCUT2D eigenvalue weighted by Crippen LogP contribution is -2.47. The van der Waals surface area contributed by atoms with Gasteiger partial charge in [-0.2, -0.15) is 5.10 Å². The van der Waals surface area contributed by atoms with Crippen molar-refractivity contribution in [2.75, 3.05) is 13.7 Å². The van der Waals surface area contributed by atoms with E-state index in [1.54, 1.807) is 45.0 Å². The standard InChI is InChI=1S/C16H21N3O5/c1-16(2,3)18-14(21)15(22)19-17-9-11-5-7-12(8-6-11)24-10-13(20)23-4/h5-9H,10H2,1-4H3,(H,18,21)(H,19,22). The van der Waals surface area contributed by atoms with Gasteiger partial charge in [-0.15, -0.1) is 0 Å². The Balaban J connectivity index is 2.49. The summed E-state index contributed by atoms with van der Waals surface area (Å²) in [6, 6.07) is 6.63. The van der Waals surface area contributed by atoms with Gasteiger partial charge in [0.25, 0.3) is 0 Å². The number of nitrogens with one attached hydrogen (secondary N) is 2. The molecule has 2 amide bonds. The first-order chi connectivity index (χ1) is 11.2. The molecular formula is C16H21N3O5. The molecule has 8 nitrogen and oxygen atoms in total. The van der Waals surface area contributed by atoms with Gasteiger partial charge in [0, 0.05) is 5.54 Å². The third-order valence-electron chi connectivity index (χ3n) is 2.54. The quantitative estimate of drug-likeness (QED) is 0.355. The second-order valence-electron chi connectivity index (χ2n) is 5.84. The Kier molecular flexibility index (Phi) is 6.91. The zero-order valence-corrected chi connectivity index (χ0v) is 14.1. The molecule has 2 N–H and O–H groups in total. The van der Waals surface area contributed by atoms with E-state index in [4.69, 9.17) is 4.74 Å². The number of hydrogen-bond donors (Lipinski definition) is 2. The van der Waals surface area contributed by atoms with Gasteiger partial charge in [-0.3, -0.25) is 9.59 Å². The number of ether oxygens (including phenoxy) is 2. The Bertz CT molecular complexity index is 618. The Morgan fingerprint density at radius 2 is 1.75 bits per heavy atom. The third-order valence-corrected chi connectivity index (χ3v) is 2.54. The number of nitrogens with zero attached hydrogens (tertiary/aromatic N) is 1. The van der Waals surface area contributed by atoms with Crippen LogP contribution >= 0.6 is 0 Å². The lowest BCUT2D eigenvalue weighted by atomic mass is 10.1. The van der Waals surface area contributed by atoms with Crippen LogP contribution in [0.4, 0.5) is 0 Å². The van der Waals surface area contributed by atoms with Crippen LogP contribution in [0.5, 0.6) is 5.75 Å². The molecule has 8 heteroatoms. The molecule has 1 rings (SSSR count). The van der Waals surface area contributed by atoms with Crippen LogP contribution in [0.3, 0.4) is 0 Å². The second kappa shape index (κ2) is 8.66. The lowest BCUT2D eigenvalue weighted by molar-refractivity contribution is -0.142. The van der Waals surface area contributed by atoms with Crippen molar-refractivity contribution in [1.29, 1.82) is 0 Å². The smallest absolute Gasteiger partial charge is 0.343 e. The van der Waals surface area contributed by atoms with Gasteiger partial charge in [-0.25, -0.2) is 10.2 Å². The number of benzene rings is 1. The summed E-state index contributed by atoms with van der Waals surface area (Å²) in [5.74, 6) is -1.59. The van der Waals surface area contributed by atoms with E-state index in [0.717, 1.165) is 0 Å². The summed E-state index contributed by atoms with van der Waals surface area (Å²) in [4.78, 5) is 34.0. The van der Waals surface area contributed by atoms with Gasteiger partial charge in [0.15, 0.2) is 6.61 Å². The number of hydrazone groups is 1. The summed E-state index contributed by atoms with van der Waals surface area (Å²) < 4.78 is 9.66. The summed E-state index contributed by atoms with van der Waals surface area (Å²) in [7, 11) is 1.28. The fourth-order valence-electron chi connectivity index (χ4n) is 1.46. The van der Waals surface area contributed by atoms with E-state index >= 15 is 0 Å². The molecule has 0 aromatic heterocycles. The fourth-order valence-corrected chi connectivity index (χ4v) is 1.46. The van der Waals surface area contributed by atoms with Gasteiger partial charge >= 0.3 is 17.8 Å². The molecule has 0 aliphatic heterocycles. The van der Waals surface area contributed by atoms with Crippen molar-refractivity contribution < 1.29 is 23.9 Å². The highest BCUT2D eigenvalue weighted by molar-refractivity contribution is 6.35. The molecule has 1 aromatic carbocycles. The minimum Gasteiger partial charge on any atom is -0.482 e. The Labute approximate surface area is 140 Å². The summed E-state index contributed by atoms with van der Waals surface area (Å²) >= 11 is 0. The van der Waals surface area contributed by atoms with Crippen LogP contribution in [0.2, 0.25) is 0 Å². The van der Waals surface area contributed by atoms with Crippen molar-refractivity contribution in [3.8, 4) is 5.75 Å². The van der Waals surface area contributed by atoms with E-state index in [1.165, 1.54) is 13.3 Å². The first-order valence-electron chi connectivity index (χ1n) is 7.16. The topological polar surface area (TPSA) is 106 Å². The molecule has 0 saturated carbocycles. The first-order valence-corrected chi connectivity index (χ1v) is 7.16. The van der Waals surface area contributed by atoms with E-state index in [0.29, 0.717) is 11.3 Å². The Hall–Kier alpha value is -2.90. The normalized spacial score (nSPS) is 11.0. The van der Waals surface area contributed by atoms with Gasteiger partial charge in [0.2, 0.25) is 0 Å². The third kappa shape index (κ3) is 7.39. The van der Waals surface area contributed by atoms with Crippen LogP contribution < -0.4 is 15.5 Å². The predicted molar refractivity (Wildman–Crippen MR) is 87.6 cm³/mol. The molecule has 0 radical (unpaired) electrons. The predicted octanol–water partition coefficient (Wildman–Crippen LogP) is 0.603. The van der Waals surface area contributed by atoms with Crippen LogP contribution in [0.25, 0.3) is 0 Å². The van der Waals surface area contributed by atoms with Gasteiger partial charge < -0.3 is 14.8 Å². The number of amides is 2. The number of esters is 1. The van der Waals surface area contributed by atoms with Crippen molar-refractivity contribution >= 4 is 24.0 Å². The number of methoxy groups -OCH3 is 1. The van der Waals surface area contributed by atoms with Gasteiger partial charge in [0.1, 0.15) is 5.75 Å². The molecule has 0 aliphatic rings. The monoisotopic (exact) mass is 335 g/mol. The van der Waals surface area contributed by atoms with Crippen molar-refractivity contribution in [3.05, 3.63) is 29.8 Å². The fraction of sp³-hybridized carbons (Fsp3) is 0.375. The molecular weight excluding hydrogens is 314 g/mol. The number of rotatable bonds is 5. The van der Waals surface area contributed by atoms with Crippen molar-refractivity contribution in [1.82, 2.24) is 10.7 Å². The minimum absolute atomic E-state index is 0.178. The molecule has 0 fully saturated rings. The van der Waals surface area contributed by atoms with Crippen LogP contribution in [0.1, 0.15) is 26.3 Å².